The van der Waals surface area contributed by atoms with Gasteiger partial charge in [-0.25, -0.2) is 0 Å². The Morgan fingerprint density at radius 1 is 0.957 bits per heavy atom. The van der Waals surface area contributed by atoms with Gasteiger partial charge >= 0.3 is 0 Å². The molecule has 0 bridgehead atoms. The highest BCUT2D eigenvalue weighted by atomic mass is 16.2. The normalized spacial score (nSPS) is 10.1. The number of para-hydroxylation sites is 1. The minimum Gasteiger partial charge on any atom is -0.366 e. The molecule has 5 heteroatoms. The van der Waals surface area contributed by atoms with E-state index < -0.39 is 5.91 Å². The minimum atomic E-state index is -0.614. The van der Waals surface area contributed by atoms with Crippen molar-refractivity contribution >= 4 is 23.3 Å². The van der Waals surface area contributed by atoms with Crippen molar-refractivity contribution in [2.75, 3.05) is 5.32 Å². The van der Waals surface area contributed by atoms with Crippen LogP contribution in [0.1, 0.15) is 39.1 Å². The second-order valence-corrected chi connectivity index (χ2v) is 5.25. The fourth-order valence-corrected chi connectivity index (χ4v) is 2.13. The van der Waals surface area contributed by atoms with Gasteiger partial charge < -0.3 is 11.1 Å². The third kappa shape index (κ3) is 4.51. The van der Waals surface area contributed by atoms with Gasteiger partial charge in [-0.3, -0.25) is 14.4 Å². The molecular formula is C18H18N2O3. The van der Waals surface area contributed by atoms with E-state index in [1.165, 1.54) is 6.07 Å². The Morgan fingerprint density at radius 2 is 1.61 bits per heavy atom. The molecule has 0 aliphatic carbocycles. The number of Topliss-reactive ketones (excluding diaryl/α,β-unsaturated/α-hetero) is 1. The monoisotopic (exact) mass is 310 g/mol. The Balaban J connectivity index is 1.94. The molecule has 0 radical (unpaired) electrons. The molecule has 0 saturated carbocycles. The molecular weight excluding hydrogens is 292 g/mol. The number of aryl methyl sites for hydroxylation is 1. The molecule has 0 aliphatic rings. The van der Waals surface area contributed by atoms with Crippen LogP contribution < -0.4 is 11.1 Å². The standard InChI is InChI=1S/C18H18N2O3/c1-12-6-8-13(9-7-12)16(21)10-11-17(22)20-15-5-3-2-4-14(15)18(19)23/h2-9H,10-11H2,1H3,(H2,19,23)(H,20,22). The summed E-state index contributed by atoms with van der Waals surface area (Å²) in [6.45, 7) is 1.94. The van der Waals surface area contributed by atoms with Crippen molar-refractivity contribution in [2.24, 2.45) is 5.73 Å². The summed E-state index contributed by atoms with van der Waals surface area (Å²) in [6, 6.07) is 13.7. The largest absolute Gasteiger partial charge is 0.366 e. The van der Waals surface area contributed by atoms with E-state index in [0.29, 0.717) is 11.3 Å². The van der Waals surface area contributed by atoms with Crippen LogP contribution in [0.2, 0.25) is 0 Å². The number of anilines is 1. The number of primary amides is 1. The molecule has 0 unspecified atom stereocenters. The lowest BCUT2D eigenvalue weighted by atomic mass is 10.0. The Morgan fingerprint density at radius 3 is 2.26 bits per heavy atom. The topological polar surface area (TPSA) is 89.3 Å². The predicted molar refractivity (Wildman–Crippen MR) is 88.3 cm³/mol. The van der Waals surface area contributed by atoms with Crippen LogP contribution in [0.3, 0.4) is 0 Å². The molecule has 2 aromatic carbocycles. The zero-order chi connectivity index (χ0) is 16.8. The number of ketones is 1. The van der Waals surface area contributed by atoms with E-state index in [1.807, 2.05) is 19.1 Å². The minimum absolute atomic E-state index is 0.0415. The van der Waals surface area contributed by atoms with E-state index in [0.717, 1.165) is 5.56 Å². The van der Waals surface area contributed by atoms with Gasteiger partial charge in [-0.15, -0.1) is 0 Å². The van der Waals surface area contributed by atoms with Crippen molar-refractivity contribution in [1.82, 2.24) is 0 Å². The van der Waals surface area contributed by atoms with Gasteiger partial charge in [0.1, 0.15) is 0 Å². The summed E-state index contributed by atoms with van der Waals surface area (Å²) in [4.78, 5) is 35.3. The number of hydrogen-bond donors (Lipinski definition) is 2. The molecule has 2 aromatic rings. The molecule has 0 saturated heterocycles. The van der Waals surface area contributed by atoms with Gasteiger partial charge in [0.15, 0.2) is 5.78 Å². The first kappa shape index (κ1) is 16.4. The molecule has 0 spiro atoms. The number of nitrogens with two attached hydrogens (primary N) is 1. The molecule has 23 heavy (non-hydrogen) atoms. The second-order valence-electron chi connectivity index (χ2n) is 5.25. The fraction of sp³-hybridized carbons (Fsp3) is 0.167. The number of carbonyl (C=O) groups is 3. The van der Waals surface area contributed by atoms with E-state index in [9.17, 15) is 14.4 Å². The van der Waals surface area contributed by atoms with Crippen molar-refractivity contribution in [3.05, 3.63) is 65.2 Å². The molecule has 0 atom stereocenters. The van der Waals surface area contributed by atoms with Crippen LogP contribution in [0, 0.1) is 6.92 Å². The number of carbonyl (C=O) groups excluding carboxylic acids is 3. The van der Waals surface area contributed by atoms with Gasteiger partial charge in [-0.1, -0.05) is 42.0 Å². The van der Waals surface area contributed by atoms with Crippen LogP contribution in [-0.4, -0.2) is 17.6 Å². The molecule has 2 amide bonds. The van der Waals surface area contributed by atoms with Crippen molar-refractivity contribution < 1.29 is 14.4 Å². The van der Waals surface area contributed by atoms with Gasteiger partial charge in [0.25, 0.3) is 5.91 Å². The van der Waals surface area contributed by atoms with Crippen LogP contribution in [0.5, 0.6) is 0 Å². The Bertz CT molecular complexity index is 736. The third-order valence-electron chi connectivity index (χ3n) is 3.42. The average Bonchev–Trinajstić information content (AvgIpc) is 2.53. The number of benzene rings is 2. The van der Waals surface area contributed by atoms with Gasteiger partial charge in [-0.2, -0.15) is 0 Å². The van der Waals surface area contributed by atoms with Gasteiger partial charge in [0, 0.05) is 18.4 Å². The molecule has 2 rings (SSSR count). The van der Waals surface area contributed by atoms with Gasteiger partial charge in [0.2, 0.25) is 5.91 Å². The first-order chi connectivity index (χ1) is 11.0. The number of hydrogen-bond acceptors (Lipinski definition) is 3. The summed E-state index contributed by atoms with van der Waals surface area (Å²) >= 11 is 0. The summed E-state index contributed by atoms with van der Waals surface area (Å²) in [5, 5.41) is 2.62. The van der Waals surface area contributed by atoms with Crippen LogP contribution in [-0.2, 0) is 4.79 Å². The SMILES string of the molecule is Cc1ccc(C(=O)CCC(=O)Nc2ccccc2C(N)=O)cc1. The molecule has 0 aromatic heterocycles. The summed E-state index contributed by atoms with van der Waals surface area (Å²) in [7, 11) is 0. The fourth-order valence-electron chi connectivity index (χ4n) is 2.13. The lowest BCUT2D eigenvalue weighted by Crippen LogP contribution is -2.18. The van der Waals surface area contributed by atoms with Crippen molar-refractivity contribution in [3.63, 3.8) is 0 Å². The Labute approximate surface area is 134 Å². The summed E-state index contributed by atoms with van der Waals surface area (Å²) in [5.41, 5.74) is 7.51. The maximum Gasteiger partial charge on any atom is 0.250 e. The van der Waals surface area contributed by atoms with Gasteiger partial charge in [0.05, 0.1) is 11.3 Å². The zero-order valence-electron chi connectivity index (χ0n) is 12.8. The number of amides is 2. The van der Waals surface area contributed by atoms with Crippen LogP contribution in [0.25, 0.3) is 0 Å². The van der Waals surface area contributed by atoms with E-state index in [1.54, 1.807) is 30.3 Å². The molecule has 0 aliphatic heterocycles. The summed E-state index contributed by atoms with van der Waals surface area (Å²) in [6.07, 6.45) is 0.146. The van der Waals surface area contributed by atoms with Gasteiger partial charge in [-0.05, 0) is 19.1 Å². The predicted octanol–water partition coefficient (Wildman–Crippen LogP) is 2.70. The average molecular weight is 310 g/mol. The van der Waals surface area contributed by atoms with Crippen molar-refractivity contribution in [3.8, 4) is 0 Å². The molecule has 0 heterocycles. The highest BCUT2D eigenvalue weighted by Gasteiger charge is 2.12. The first-order valence-electron chi connectivity index (χ1n) is 7.26. The molecule has 5 nitrogen and oxygen atoms in total. The second kappa shape index (κ2) is 7.35. The highest BCUT2D eigenvalue weighted by molar-refractivity contribution is 6.04. The smallest absolute Gasteiger partial charge is 0.250 e. The lowest BCUT2D eigenvalue weighted by molar-refractivity contribution is -0.116. The number of rotatable bonds is 6. The Hall–Kier alpha value is -2.95. The maximum atomic E-state index is 12.0. The van der Waals surface area contributed by atoms with Crippen LogP contribution in [0.4, 0.5) is 5.69 Å². The summed E-state index contributed by atoms with van der Waals surface area (Å²) in [5.74, 6) is -1.04. The van der Waals surface area contributed by atoms with E-state index in [2.05, 4.69) is 5.32 Å². The van der Waals surface area contributed by atoms with Crippen LogP contribution in [0.15, 0.2) is 48.5 Å². The molecule has 118 valence electrons. The van der Waals surface area contributed by atoms with E-state index in [-0.39, 0.29) is 30.1 Å². The first-order valence-corrected chi connectivity index (χ1v) is 7.26. The van der Waals surface area contributed by atoms with E-state index >= 15 is 0 Å². The third-order valence-corrected chi connectivity index (χ3v) is 3.42. The summed E-state index contributed by atoms with van der Waals surface area (Å²) < 4.78 is 0. The number of nitrogens with one attached hydrogen (secondary N) is 1. The zero-order valence-corrected chi connectivity index (χ0v) is 12.8. The quantitative estimate of drug-likeness (QED) is 0.804. The van der Waals surface area contributed by atoms with E-state index in [4.69, 9.17) is 5.73 Å². The Kier molecular flexibility index (Phi) is 5.25. The molecule has 0 fully saturated rings. The lowest BCUT2D eigenvalue weighted by Gasteiger charge is -2.08. The van der Waals surface area contributed by atoms with Crippen molar-refractivity contribution in [1.29, 1.82) is 0 Å². The molecule has 3 N–H and O–H groups in total. The maximum absolute atomic E-state index is 12.0. The highest BCUT2D eigenvalue weighted by Crippen LogP contribution is 2.15. The van der Waals surface area contributed by atoms with Crippen molar-refractivity contribution in [2.45, 2.75) is 19.8 Å². The van der Waals surface area contributed by atoms with Crippen LogP contribution >= 0.6 is 0 Å².